The SMILES string of the molecule is CCCC(=O)C1=C(c2ccccc2)OC(C2CCC(C)C(CC(=O)c3ccccc3-n3nccn3)C(C)C2)=C(C)C1C. The molecule has 2 heterocycles. The second kappa shape index (κ2) is 13.0. The van der Waals surface area contributed by atoms with Gasteiger partial charge in [0.15, 0.2) is 11.6 Å². The number of para-hydroxylation sites is 1. The van der Waals surface area contributed by atoms with Crippen LogP contribution < -0.4 is 0 Å². The lowest BCUT2D eigenvalue weighted by molar-refractivity contribution is -0.116. The van der Waals surface area contributed by atoms with Crippen LogP contribution in [-0.2, 0) is 9.53 Å². The molecule has 0 amide bonds. The molecule has 0 radical (unpaired) electrons. The highest BCUT2D eigenvalue weighted by molar-refractivity contribution is 6.03. The lowest BCUT2D eigenvalue weighted by Gasteiger charge is -2.33. The van der Waals surface area contributed by atoms with Crippen LogP contribution in [0.5, 0.6) is 0 Å². The van der Waals surface area contributed by atoms with Crippen molar-refractivity contribution in [1.82, 2.24) is 15.0 Å². The number of carbonyl (C=O) groups excluding carboxylic acids is 2. The van der Waals surface area contributed by atoms with Crippen molar-refractivity contribution < 1.29 is 14.3 Å². The number of Topliss-reactive ketones (excluding diaryl/α,β-unsaturated/α-hetero) is 2. The average Bonchev–Trinajstić information content (AvgIpc) is 3.50. The van der Waals surface area contributed by atoms with Gasteiger partial charge in [-0.2, -0.15) is 15.0 Å². The Bertz CT molecular complexity index is 1470. The third kappa shape index (κ3) is 6.04. The Hall–Kier alpha value is -3.80. The maximum atomic E-state index is 13.7. The van der Waals surface area contributed by atoms with Crippen LogP contribution >= 0.6 is 0 Å². The molecule has 1 aliphatic heterocycles. The molecule has 0 saturated heterocycles. The highest BCUT2D eigenvalue weighted by Crippen LogP contribution is 2.47. The number of nitrogens with zero attached hydrogens (tertiary/aromatic N) is 3. The molecule has 0 bridgehead atoms. The topological polar surface area (TPSA) is 74.1 Å². The molecule has 5 rings (SSSR count). The van der Waals surface area contributed by atoms with Crippen LogP contribution in [0.2, 0.25) is 0 Å². The molecule has 6 heteroatoms. The number of hydrogen-bond donors (Lipinski definition) is 0. The van der Waals surface area contributed by atoms with Gasteiger partial charge in [-0.15, -0.1) is 0 Å². The second-order valence-electron chi connectivity index (χ2n) is 12.2. The largest absolute Gasteiger partial charge is 0.460 e. The fourth-order valence-electron chi connectivity index (χ4n) is 6.98. The van der Waals surface area contributed by atoms with Crippen molar-refractivity contribution in [3.63, 3.8) is 0 Å². The van der Waals surface area contributed by atoms with E-state index >= 15 is 0 Å². The first-order valence-electron chi connectivity index (χ1n) is 15.5. The van der Waals surface area contributed by atoms with E-state index < -0.39 is 0 Å². The van der Waals surface area contributed by atoms with Crippen LogP contribution in [0, 0.1) is 29.6 Å². The van der Waals surface area contributed by atoms with Crippen molar-refractivity contribution >= 4 is 17.3 Å². The Morgan fingerprint density at radius 2 is 1.60 bits per heavy atom. The minimum Gasteiger partial charge on any atom is -0.460 e. The maximum Gasteiger partial charge on any atom is 0.165 e. The van der Waals surface area contributed by atoms with E-state index in [1.54, 1.807) is 12.4 Å². The number of allylic oxidation sites excluding steroid dienone is 3. The molecule has 5 unspecified atom stereocenters. The van der Waals surface area contributed by atoms with Gasteiger partial charge in [0.05, 0.1) is 18.1 Å². The van der Waals surface area contributed by atoms with E-state index in [4.69, 9.17) is 4.74 Å². The van der Waals surface area contributed by atoms with Gasteiger partial charge >= 0.3 is 0 Å². The third-order valence-corrected chi connectivity index (χ3v) is 9.46. The lowest BCUT2D eigenvalue weighted by atomic mass is 9.77. The fourth-order valence-corrected chi connectivity index (χ4v) is 6.98. The minimum atomic E-state index is 0.00349. The molecule has 2 aromatic carbocycles. The monoisotopic (exact) mass is 565 g/mol. The van der Waals surface area contributed by atoms with E-state index in [1.165, 1.54) is 4.80 Å². The zero-order valence-electron chi connectivity index (χ0n) is 25.5. The zero-order chi connectivity index (χ0) is 29.8. The molecule has 1 fully saturated rings. The number of ketones is 2. The summed E-state index contributed by atoms with van der Waals surface area (Å²) in [6.45, 7) is 10.9. The summed E-state index contributed by atoms with van der Waals surface area (Å²) >= 11 is 0. The van der Waals surface area contributed by atoms with Crippen LogP contribution in [0.15, 0.2) is 83.9 Å². The molecule has 1 aliphatic carbocycles. The molecule has 0 spiro atoms. The third-order valence-electron chi connectivity index (χ3n) is 9.46. The molecule has 42 heavy (non-hydrogen) atoms. The number of aromatic nitrogens is 3. The van der Waals surface area contributed by atoms with Gasteiger partial charge in [-0.1, -0.05) is 70.2 Å². The first-order chi connectivity index (χ1) is 20.3. The second-order valence-corrected chi connectivity index (χ2v) is 12.2. The molecule has 5 atom stereocenters. The summed E-state index contributed by atoms with van der Waals surface area (Å²) < 4.78 is 6.81. The van der Waals surface area contributed by atoms with Gasteiger partial charge in [0.25, 0.3) is 0 Å². The summed E-state index contributed by atoms with van der Waals surface area (Å²) in [6.07, 6.45) is 8.06. The van der Waals surface area contributed by atoms with Crippen molar-refractivity contribution in [3.05, 3.63) is 95.0 Å². The summed E-state index contributed by atoms with van der Waals surface area (Å²) in [5.41, 5.74) is 4.30. The molecule has 1 saturated carbocycles. The van der Waals surface area contributed by atoms with E-state index in [0.29, 0.717) is 30.2 Å². The maximum absolute atomic E-state index is 13.7. The summed E-state index contributed by atoms with van der Waals surface area (Å²) in [4.78, 5) is 28.6. The highest BCUT2D eigenvalue weighted by Gasteiger charge is 2.38. The predicted octanol–water partition coefficient (Wildman–Crippen LogP) is 8.25. The Kier molecular flexibility index (Phi) is 9.20. The summed E-state index contributed by atoms with van der Waals surface area (Å²) in [5, 5.41) is 8.52. The van der Waals surface area contributed by atoms with Crippen molar-refractivity contribution in [1.29, 1.82) is 0 Å². The smallest absolute Gasteiger partial charge is 0.165 e. The van der Waals surface area contributed by atoms with Crippen molar-refractivity contribution in [2.24, 2.45) is 29.6 Å². The summed E-state index contributed by atoms with van der Waals surface area (Å²) in [5.74, 6) is 3.29. The van der Waals surface area contributed by atoms with Gasteiger partial charge in [0, 0.05) is 41.4 Å². The van der Waals surface area contributed by atoms with Gasteiger partial charge in [-0.3, -0.25) is 9.59 Å². The molecular weight excluding hydrogens is 522 g/mol. The van der Waals surface area contributed by atoms with E-state index in [2.05, 4.69) is 37.9 Å². The van der Waals surface area contributed by atoms with Crippen molar-refractivity contribution in [3.8, 4) is 5.69 Å². The number of benzene rings is 2. The van der Waals surface area contributed by atoms with Crippen LogP contribution in [0.4, 0.5) is 0 Å². The van der Waals surface area contributed by atoms with Gasteiger partial charge in [0.2, 0.25) is 0 Å². The van der Waals surface area contributed by atoms with Gasteiger partial charge in [-0.25, -0.2) is 0 Å². The van der Waals surface area contributed by atoms with Gasteiger partial charge < -0.3 is 4.74 Å². The zero-order valence-corrected chi connectivity index (χ0v) is 25.5. The highest BCUT2D eigenvalue weighted by atomic mass is 16.5. The molecule has 6 nitrogen and oxygen atoms in total. The van der Waals surface area contributed by atoms with Crippen LogP contribution in [-0.4, -0.2) is 26.6 Å². The number of hydrogen-bond acceptors (Lipinski definition) is 5. The molecule has 2 aliphatic rings. The Morgan fingerprint density at radius 1 is 0.905 bits per heavy atom. The fraction of sp³-hybridized carbons (Fsp3) is 0.444. The van der Waals surface area contributed by atoms with Gasteiger partial charge in [-0.05, 0) is 68.1 Å². The van der Waals surface area contributed by atoms with E-state index in [0.717, 1.165) is 59.6 Å². The normalized spacial score (nSPS) is 24.7. The predicted molar refractivity (Wildman–Crippen MR) is 166 cm³/mol. The molecular formula is C36H43N3O3. The summed E-state index contributed by atoms with van der Waals surface area (Å²) in [7, 11) is 0. The standard InChI is InChI=1S/C36H43N3O3/c1-6-12-32(40)34-25(4)26(5)35(42-36(34)27-13-8-7-9-14-27)28-18-17-23(2)30(24(3)21-28)22-33(41)29-15-10-11-16-31(29)39-37-19-20-38-39/h7-11,13-16,19-20,23-25,28,30H,6,12,17-18,21-22H2,1-5H3. The van der Waals surface area contributed by atoms with Crippen LogP contribution in [0.3, 0.4) is 0 Å². The summed E-state index contributed by atoms with van der Waals surface area (Å²) in [6, 6.07) is 17.7. The lowest BCUT2D eigenvalue weighted by Crippen LogP contribution is -2.25. The van der Waals surface area contributed by atoms with E-state index in [-0.39, 0.29) is 29.3 Å². The first kappa shape index (κ1) is 29.7. The minimum absolute atomic E-state index is 0.00349. The Labute approximate surface area is 249 Å². The Balaban J connectivity index is 1.39. The van der Waals surface area contributed by atoms with Gasteiger partial charge in [0.1, 0.15) is 11.5 Å². The van der Waals surface area contributed by atoms with Crippen molar-refractivity contribution in [2.75, 3.05) is 0 Å². The van der Waals surface area contributed by atoms with Crippen molar-refractivity contribution in [2.45, 2.75) is 73.1 Å². The molecule has 3 aromatic rings. The number of carbonyl (C=O) groups is 2. The van der Waals surface area contributed by atoms with Crippen LogP contribution in [0.1, 0.15) is 89.1 Å². The first-order valence-corrected chi connectivity index (χ1v) is 15.5. The van der Waals surface area contributed by atoms with E-state index in [1.807, 2.05) is 61.5 Å². The molecule has 0 N–H and O–H groups in total. The molecule has 220 valence electrons. The van der Waals surface area contributed by atoms with E-state index in [9.17, 15) is 9.59 Å². The quantitative estimate of drug-likeness (QED) is 0.193. The molecule has 1 aromatic heterocycles. The van der Waals surface area contributed by atoms with Crippen LogP contribution in [0.25, 0.3) is 11.4 Å². The average molecular weight is 566 g/mol. The number of ether oxygens (including phenoxy) is 1. The Morgan fingerprint density at radius 3 is 2.31 bits per heavy atom. The number of rotatable bonds is 9.